The van der Waals surface area contributed by atoms with Gasteiger partial charge in [-0.05, 0) is 13.3 Å². The van der Waals surface area contributed by atoms with Crippen LogP contribution in [0.1, 0.15) is 16.3 Å². The molecule has 1 amide bonds. The van der Waals surface area contributed by atoms with Crippen molar-refractivity contribution in [1.29, 1.82) is 0 Å². The molecule has 6 heteroatoms. The number of nitrogens with two attached hydrogens (primary N) is 1. The van der Waals surface area contributed by atoms with Gasteiger partial charge >= 0.3 is 0 Å². The van der Waals surface area contributed by atoms with Gasteiger partial charge in [-0.25, -0.2) is 4.98 Å². The molecule has 0 aromatic carbocycles. The number of carbonyl (C=O) groups is 1. The number of aromatic nitrogens is 1. The highest BCUT2D eigenvalue weighted by Gasteiger charge is 2.37. The average molecular weight is 241 g/mol. The van der Waals surface area contributed by atoms with Crippen LogP contribution in [0.2, 0.25) is 0 Å². The maximum Gasteiger partial charge on any atom is 0.242 e. The number of thiazole rings is 1. The summed E-state index contributed by atoms with van der Waals surface area (Å²) in [6.45, 7) is 3.29. The summed E-state index contributed by atoms with van der Waals surface area (Å²) in [5.41, 5.74) is 5.08. The number of aryl methyl sites for hydroxylation is 1. The van der Waals surface area contributed by atoms with E-state index in [1.807, 2.05) is 6.92 Å². The van der Waals surface area contributed by atoms with Gasteiger partial charge in [0, 0.05) is 17.7 Å². The first-order valence-corrected chi connectivity index (χ1v) is 5.98. The SMILES string of the molecule is Cc1ncc(CNC(=O)C2(N)CCOC2)s1. The third kappa shape index (κ3) is 2.40. The molecule has 3 N–H and O–H groups in total. The molecule has 1 aliphatic rings. The minimum Gasteiger partial charge on any atom is -0.379 e. The number of hydrogen-bond donors (Lipinski definition) is 2. The molecule has 0 saturated carbocycles. The molecule has 5 nitrogen and oxygen atoms in total. The molecular weight excluding hydrogens is 226 g/mol. The van der Waals surface area contributed by atoms with Crippen LogP contribution in [0.3, 0.4) is 0 Å². The van der Waals surface area contributed by atoms with E-state index >= 15 is 0 Å². The van der Waals surface area contributed by atoms with E-state index < -0.39 is 5.54 Å². The van der Waals surface area contributed by atoms with Gasteiger partial charge in [-0.3, -0.25) is 4.79 Å². The smallest absolute Gasteiger partial charge is 0.242 e. The number of nitrogens with zero attached hydrogens (tertiary/aromatic N) is 1. The number of ether oxygens (including phenoxy) is 1. The predicted molar refractivity (Wildman–Crippen MR) is 61.1 cm³/mol. The van der Waals surface area contributed by atoms with E-state index in [4.69, 9.17) is 10.5 Å². The van der Waals surface area contributed by atoms with Crippen LogP contribution in [0.4, 0.5) is 0 Å². The van der Waals surface area contributed by atoms with E-state index in [1.54, 1.807) is 17.5 Å². The minimum atomic E-state index is -0.847. The molecular formula is C10H15N3O2S. The van der Waals surface area contributed by atoms with Gasteiger partial charge in [-0.15, -0.1) is 11.3 Å². The Morgan fingerprint density at radius 3 is 3.19 bits per heavy atom. The van der Waals surface area contributed by atoms with Crippen molar-refractivity contribution in [3.8, 4) is 0 Å². The molecule has 1 aromatic rings. The maximum atomic E-state index is 11.8. The molecule has 1 saturated heterocycles. The second kappa shape index (κ2) is 4.48. The predicted octanol–water partition coefficient (Wildman–Crippen LogP) is 0.186. The Morgan fingerprint density at radius 1 is 1.81 bits per heavy atom. The van der Waals surface area contributed by atoms with Crippen molar-refractivity contribution in [2.45, 2.75) is 25.4 Å². The molecule has 0 radical (unpaired) electrons. The van der Waals surface area contributed by atoms with Crippen molar-refractivity contribution >= 4 is 17.2 Å². The van der Waals surface area contributed by atoms with Crippen LogP contribution in [0.15, 0.2) is 6.20 Å². The molecule has 16 heavy (non-hydrogen) atoms. The van der Waals surface area contributed by atoms with Gasteiger partial charge in [0.2, 0.25) is 5.91 Å². The molecule has 1 aliphatic heterocycles. The molecule has 0 spiro atoms. The van der Waals surface area contributed by atoms with E-state index in [2.05, 4.69) is 10.3 Å². The summed E-state index contributed by atoms with van der Waals surface area (Å²) in [6.07, 6.45) is 2.36. The fourth-order valence-corrected chi connectivity index (χ4v) is 2.32. The van der Waals surface area contributed by atoms with Gasteiger partial charge in [0.25, 0.3) is 0 Å². The van der Waals surface area contributed by atoms with Gasteiger partial charge in [-0.2, -0.15) is 0 Å². The van der Waals surface area contributed by atoms with Crippen molar-refractivity contribution in [3.63, 3.8) is 0 Å². The highest BCUT2D eigenvalue weighted by molar-refractivity contribution is 7.11. The second-order valence-electron chi connectivity index (χ2n) is 3.99. The van der Waals surface area contributed by atoms with Gasteiger partial charge in [-0.1, -0.05) is 0 Å². The first-order chi connectivity index (χ1) is 7.60. The van der Waals surface area contributed by atoms with Crippen molar-refractivity contribution in [3.05, 3.63) is 16.1 Å². The van der Waals surface area contributed by atoms with Gasteiger partial charge < -0.3 is 15.8 Å². The molecule has 1 aromatic heterocycles. The van der Waals surface area contributed by atoms with Crippen LogP contribution in [0.25, 0.3) is 0 Å². The van der Waals surface area contributed by atoms with Crippen molar-refractivity contribution in [1.82, 2.24) is 10.3 Å². The van der Waals surface area contributed by atoms with Crippen LogP contribution in [-0.2, 0) is 16.1 Å². The quantitative estimate of drug-likeness (QED) is 0.791. The van der Waals surface area contributed by atoms with Gasteiger partial charge in [0.05, 0.1) is 18.2 Å². The number of carbonyl (C=O) groups excluding carboxylic acids is 1. The highest BCUT2D eigenvalue weighted by atomic mass is 32.1. The zero-order valence-corrected chi connectivity index (χ0v) is 9.97. The number of nitrogens with one attached hydrogen (secondary N) is 1. The molecule has 2 heterocycles. The first kappa shape index (κ1) is 11.5. The third-order valence-electron chi connectivity index (χ3n) is 2.60. The molecule has 0 aliphatic carbocycles. The number of amides is 1. The van der Waals surface area contributed by atoms with E-state index in [1.165, 1.54) is 0 Å². The van der Waals surface area contributed by atoms with E-state index in [-0.39, 0.29) is 5.91 Å². The third-order valence-corrected chi connectivity index (χ3v) is 3.51. The lowest BCUT2D eigenvalue weighted by atomic mass is 9.99. The lowest BCUT2D eigenvalue weighted by Crippen LogP contribution is -2.54. The largest absolute Gasteiger partial charge is 0.379 e. The Kier molecular flexibility index (Phi) is 3.22. The molecule has 1 atom stereocenters. The minimum absolute atomic E-state index is 0.143. The molecule has 88 valence electrons. The highest BCUT2D eigenvalue weighted by Crippen LogP contribution is 2.16. The summed E-state index contributed by atoms with van der Waals surface area (Å²) in [7, 11) is 0. The van der Waals surface area contributed by atoms with Crippen LogP contribution in [0, 0.1) is 6.92 Å². The van der Waals surface area contributed by atoms with E-state index in [0.29, 0.717) is 26.2 Å². The number of rotatable bonds is 3. The fourth-order valence-electron chi connectivity index (χ4n) is 1.59. The Labute approximate surface area is 98.0 Å². The lowest BCUT2D eigenvalue weighted by molar-refractivity contribution is -0.126. The first-order valence-electron chi connectivity index (χ1n) is 5.16. The van der Waals surface area contributed by atoms with Crippen molar-refractivity contribution < 1.29 is 9.53 Å². The van der Waals surface area contributed by atoms with Crippen LogP contribution >= 0.6 is 11.3 Å². The molecule has 0 bridgehead atoms. The fraction of sp³-hybridized carbons (Fsp3) is 0.600. The summed E-state index contributed by atoms with van der Waals surface area (Å²) in [6, 6.07) is 0. The Morgan fingerprint density at radius 2 is 2.62 bits per heavy atom. The molecule has 2 rings (SSSR count). The zero-order chi connectivity index (χ0) is 11.6. The summed E-state index contributed by atoms with van der Waals surface area (Å²) in [5.74, 6) is -0.143. The number of hydrogen-bond acceptors (Lipinski definition) is 5. The van der Waals surface area contributed by atoms with Gasteiger partial charge in [0.15, 0.2) is 0 Å². The molecule has 1 fully saturated rings. The zero-order valence-electron chi connectivity index (χ0n) is 9.16. The Balaban J connectivity index is 1.88. The normalized spacial score (nSPS) is 24.6. The van der Waals surface area contributed by atoms with Crippen molar-refractivity contribution in [2.24, 2.45) is 5.73 Å². The van der Waals surface area contributed by atoms with E-state index in [0.717, 1.165) is 9.88 Å². The van der Waals surface area contributed by atoms with Crippen LogP contribution in [-0.4, -0.2) is 29.6 Å². The second-order valence-corrected chi connectivity index (χ2v) is 5.31. The van der Waals surface area contributed by atoms with E-state index in [9.17, 15) is 4.79 Å². The standard InChI is InChI=1S/C10H15N3O2S/c1-7-12-4-8(16-7)5-13-9(14)10(11)2-3-15-6-10/h4H,2-3,5-6,11H2,1H3,(H,13,14). The van der Waals surface area contributed by atoms with Crippen LogP contribution in [0.5, 0.6) is 0 Å². The Bertz CT molecular complexity index is 385. The monoisotopic (exact) mass is 241 g/mol. The van der Waals surface area contributed by atoms with Crippen molar-refractivity contribution in [2.75, 3.05) is 13.2 Å². The summed E-state index contributed by atoms with van der Waals surface area (Å²) in [4.78, 5) is 17.0. The summed E-state index contributed by atoms with van der Waals surface area (Å²) < 4.78 is 5.14. The average Bonchev–Trinajstić information content (AvgIpc) is 2.85. The lowest BCUT2D eigenvalue weighted by Gasteiger charge is -2.20. The molecule has 1 unspecified atom stereocenters. The van der Waals surface area contributed by atoms with Crippen LogP contribution < -0.4 is 11.1 Å². The maximum absolute atomic E-state index is 11.8. The Hall–Kier alpha value is -0.980. The topological polar surface area (TPSA) is 77.2 Å². The van der Waals surface area contributed by atoms with Gasteiger partial charge in [0.1, 0.15) is 5.54 Å². The summed E-state index contributed by atoms with van der Waals surface area (Å²) >= 11 is 1.57. The summed E-state index contributed by atoms with van der Waals surface area (Å²) in [5, 5.41) is 3.82.